The summed E-state index contributed by atoms with van der Waals surface area (Å²) in [5, 5.41) is 44.2. The molecular weight excluding hydrogens is 839 g/mol. The molecule has 0 saturated carbocycles. The Hall–Kier alpha value is -4.33. The summed E-state index contributed by atoms with van der Waals surface area (Å²) >= 11 is 0. The van der Waals surface area contributed by atoms with E-state index in [-0.39, 0.29) is 50.7 Å². The fraction of sp³-hybridized carbons (Fsp3) is 0.611. The topological polar surface area (TPSA) is 181 Å². The van der Waals surface area contributed by atoms with Crippen molar-refractivity contribution in [3.8, 4) is 5.75 Å². The van der Waals surface area contributed by atoms with Crippen LogP contribution in [0.2, 0.25) is 0 Å². The van der Waals surface area contributed by atoms with Crippen molar-refractivity contribution >= 4 is 17.8 Å². The fourth-order valence-electron chi connectivity index (χ4n) is 7.04. The normalized spacial score (nSPS) is 19.6. The third kappa shape index (κ3) is 29.3. The number of ether oxygens (including phenoxy) is 4. The highest BCUT2D eigenvalue weighted by atomic mass is 16.7. The second-order valence-corrected chi connectivity index (χ2v) is 16.8. The third-order valence-electron chi connectivity index (χ3n) is 11.0. The number of aryl methyl sites for hydroxylation is 1. The average Bonchev–Trinajstić information content (AvgIpc) is 3.31. The van der Waals surface area contributed by atoms with E-state index in [0.29, 0.717) is 19.3 Å². The summed E-state index contributed by atoms with van der Waals surface area (Å²) in [7, 11) is 0. The molecule has 1 saturated heterocycles. The van der Waals surface area contributed by atoms with Gasteiger partial charge in [-0.2, -0.15) is 0 Å². The molecule has 1 aliphatic heterocycles. The van der Waals surface area contributed by atoms with Crippen LogP contribution >= 0.6 is 0 Å². The predicted molar refractivity (Wildman–Crippen MR) is 261 cm³/mol. The van der Waals surface area contributed by atoms with Gasteiger partial charge in [-0.3, -0.25) is 14.4 Å². The van der Waals surface area contributed by atoms with E-state index in [1.807, 2.05) is 0 Å². The van der Waals surface area contributed by atoms with Gasteiger partial charge in [0.1, 0.15) is 36.8 Å². The van der Waals surface area contributed by atoms with Crippen molar-refractivity contribution in [2.24, 2.45) is 0 Å². The first kappa shape index (κ1) is 57.8. The summed E-state index contributed by atoms with van der Waals surface area (Å²) in [5.74, 6) is -1.09. The zero-order chi connectivity index (χ0) is 47.9. The summed E-state index contributed by atoms with van der Waals surface area (Å²) in [6, 6.07) is 6.51. The number of allylic oxidation sites excluding steroid dienone is 12. The first-order valence-electron chi connectivity index (χ1n) is 24.7. The molecule has 0 spiro atoms. The molecule has 1 aromatic carbocycles. The van der Waals surface area contributed by atoms with E-state index >= 15 is 0 Å². The number of aliphatic hydroxyl groups is 3. The molecule has 1 fully saturated rings. The monoisotopic (exact) mass is 922 g/mol. The molecule has 1 amide bonds. The Morgan fingerprint density at radius 2 is 1.11 bits per heavy atom. The van der Waals surface area contributed by atoms with Crippen LogP contribution < -0.4 is 5.32 Å². The Balaban J connectivity index is 1.81. The van der Waals surface area contributed by atoms with Crippen LogP contribution in [0.5, 0.6) is 5.75 Å². The van der Waals surface area contributed by atoms with Crippen molar-refractivity contribution in [3.05, 3.63) is 103 Å². The van der Waals surface area contributed by atoms with Crippen molar-refractivity contribution in [2.75, 3.05) is 19.8 Å². The van der Waals surface area contributed by atoms with E-state index < -0.39 is 48.7 Å². The van der Waals surface area contributed by atoms with Gasteiger partial charge in [-0.15, -0.1) is 0 Å². The van der Waals surface area contributed by atoms with Crippen molar-refractivity contribution in [1.29, 1.82) is 0 Å². The Labute approximate surface area is 395 Å². The van der Waals surface area contributed by atoms with Crippen molar-refractivity contribution < 1.29 is 53.8 Å². The van der Waals surface area contributed by atoms with Gasteiger partial charge in [-0.1, -0.05) is 137 Å². The van der Waals surface area contributed by atoms with E-state index in [0.717, 1.165) is 108 Å². The average molecular weight is 922 g/mol. The molecule has 1 unspecified atom stereocenters. The number of phenolic OH excluding ortho intramolecular Hbond substituents is 1. The highest BCUT2D eigenvalue weighted by molar-refractivity contribution is 5.76. The molecule has 370 valence electrons. The number of unbranched alkanes of at least 4 members (excludes halogenated alkanes) is 10. The molecule has 1 aromatic rings. The lowest BCUT2D eigenvalue weighted by atomic mass is 9.98. The van der Waals surface area contributed by atoms with Gasteiger partial charge >= 0.3 is 11.9 Å². The van der Waals surface area contributed by atoms with Gasteiger partial charge in [0.15, 0.2) is 12.4 Å². The third-order valence-corrected chi connectivity index (χ3v) is 11.0. The quantitative estimate of drug-likeness (QED) is 0.0244. The molecule has 1 aliphatic rings. The Kier molecular flexibility index (Phi) is 33.9. The van der Waals surface area contributed by atoms with Crippen LogP contribution in [0.3, 0.4) is 0 Å². The van der Waals surface area contributed by atoms with Gasteiger partial charge in [-0.05, 0) is 101 Å². The zero-order valence-corrected chi connectivity index (χ0v) is 40.0. The highest BCUT2D eigenvalue weighted by Crippen LogP contribution is 2.23. The number of hydrogen-bond donors (Lipinski definition) is 5. The van der Waals surface area contributed by atoms with Crippen molar-refractivity contribution in [1.82, 2.24) is 5.32 Å². The number of carbonyl (C=O) groups is 3. The lowest BCUT2D eigenvalue weighted by Crippen LogP contribution is -2.60. The van der Waals surface area contributed by atoms with Crippen LogP contribution in [-0.2, 0) is 39.8 Å². The molecule has 0 bridgehead atoms. The van der Waals surface area contributed by atoms with Gasteiger partial charge in [-0.25, -0.2) is 0 Å². The van der Waals surface area contributed by atoms with E-state index in [4.69, 9.17) is 18.9 Å². The molecule has 66 heavy (non-hydrogen) atoms. The molecule has 1 heterocycles. The van der Waals surface area contributed by atoms with Crippen LogP contribution in [0, 0.1) is 0 Å². The molecular formula is C54H83NO11. The Bertz CT molecular complexity index is 1600. The number of amides is 1. The number of aliphatic hydroxyl groups excluding tert-OH is 3. The highest BCUT2D eigenvalue weighted by Gasteiger charge is 2.44. The zero-order valence-electron chi connectivity index (χ0n) is 40.0. The smallest absolute Gasteiger partial charge is 0.306 e. The second kappa shape index (κ2) is 38.7. The second-order valence-electron chi connectivity index (χ2n) is 16.8. The minimum atomic E-state index is -1.65. The van der Waals surface area contributed by atoms with Crippen LogP contribution in [0.1, 0.15) is 154 Å². The van der Waals surface area contributed by atoms with E-state index in [9.17, 15) is 34.8 Å². The van der Waals surface area contributed by atoms with E-state index in [2.05, 4.69) is 92.1 Å². The number of esters is 2. The lowest BCUT2D eigenvalue weighted by molar-refractivity contribution is -0.299. The maximum Gasteiger partial charge on any atom is 0.306 e. The maximum absolute atomic E-state index is 13.0. The summed E-state index contributed by atoms with van der Waals surface area (Å²) in [6.07, 6.45) is 36.2. The van der Waals surface area contributed by atoms with Gasteiger partial charge < -0.3 is 44.7 Å². The molecule has 5 N–H and O–H groups in total. The van der Waals surface area contributed by atoms with Crippen LogP contribution in [0.4, 0.5) is 0 Å². The number of hydrogen-bond acceptors (Lipinski definition) is 11. The Morgan fingerprint density at radius 1 is 0.606 bits per heavy atom. The molecule has 6 atom stereocenters. The summed E-state index contributed by atoms with van der Waals surface area (Å²) < 4.78 is 22.8. The van der Waals surface area contributed by atoms with Crippen LogP contribution in [-0.4, -0.2) is 94.8 Å². The minimum absolute atomic E-state index is 0.128. The Morgan fingerprint density at radius 3 is 1.67 bits per heavy atom. The predicted octanol–water partition coefficient (Wildman–Crippen LogP) is 9.90. The number of nitrogens with one attached hydrogen (secondary N) is 1. The fourth-order valence-corrected chi connectivity index (χ4v) is 7.04. The van der Waals surface area contributed by atoms with Gasteiger partial charge in [0, 0.05) is 25.8 Å². The number of phenols is 1. The van der Waals surface area contributed by atoms with Crippen LogP contribution in [0.15, 0.2) is 97.2 Å². The molecule has 12 nitrogen and oxygen atoms in total. The largest absolute Gasteiger partial charge is 0.508 e. The van der Waals surface area contributed by atoms with Crippen molar-refractivity contribution in [2.45, 2.75) is 192 Å². The number of benzene rings is 1. The SMILES string of the molecule is CC/C=C\C/C=C\C/C=C\CCCCCCCC(=O)OCC(CO[C@H]1O[C@H](CNC(=O)CCc2ccc(O)cc2)[C@@H](O)[C@H](O)[C@H]1O)OC(=O)CCCCCCC/C=C\C/C=C\C/C=C\CC. The molecule has 0 aliphatic carbocycles. The standard InChI is InChI=1S/C54H83NO11/c1-3-5-7-9-11-13-15-17-19-21-23-25-27-29-31-33-49(58)63-42-46(65-50(59)34-32-30-28-26-24-22-20-18-16-14-12-10-8-6-4-2)43-64-54-53(62)52(61)51(60)47(66-54)41-55-48(57)40-37-44-35-38-45(56)39-36-44/h5-8,11-14,17-20,35-36,38-39,46-47,51-54,56,60-62H,3-4,9-10,15-16,21-34,37,40-43H2,1-2H3,(H,55,57)/b7-5-,8-6-,13-11-,14-12-,19-17-,20-18-/t46?,47-,51-,52+,53-,54+/m1/s1. The van der Waals surface area contributed by atoms with E-state index in [1.54, 1.807) is 12.1 Å². The van der Waals surface area contributed by atoms with Gasteiger partial charge in [0.25, 0.3) is 0 Å². The molecule has 0 aromatic heterocycles. The number of rotatable bonds is 37. The summed E-state index contributed by atoms with van der Waals surface area (Å²) in [5.41, 5.74) is 0.856. The first-order valence-corrected chi connectivity index (χ1v) is 24.7. The number of aromatic hydroxyl groups is 1. The van der Waals surface area contributed by atoms with Crippen LogP contribution in [0.25, 0.3) is 0 Å². The van der Waals surface area contributed by atoms with Crippen molar-refractivity contribution in [3.63, 3.8) is 0 Å². The first-order chi connectivity index (χ1) is 32.1. The van der Waals surface area contributed by atoms with Gasteiger partial charge in [0.2, 0.25) is 5.91 Å². The molecule has 12 heteroatoms. The maximum atomic E-state index is 13.0. The van der Waals surface area contributed by atoms with Gasteiger partial charge in [0.05, 0.1) is 6.61 Å². The summed E-state index contributed by atoms with van der Waals surface area (Å²) in [6.45, 7) is 3.49. The minimum Gasteiger partial charge on any atom is -0.508 e. The molecule has 0 radical (unpaired) electrons. The van der Waals surface area contributed by atoms with E-state index in [1.165, 1.54) is 12.1 Å². The lowest BCUT2D eigenvalue weighted by Gasteiger charge is -2.40. The number of carbonyl (C=O) groups excluding carboxylic acids is 3. The summed E-state index contributed by atoms with van der Waals surface area (Å²) in [4.78, 5) is 38.3. The molecule has 2 rings (SSSR count).